The number of aromatic nitrogens is 1. The van der Waals surface area contributed by atoms with Crippen LogP contribution in [0.15, 0.2) is 53.7 Å². The zero-order valence-corrected chi connectivity index (χ0v) is 15.1. The number of esters is 1. The van der Waals surface area contributed by atoms with Gasteiger partial charge < -0.3 is 4.74 Å². The number of nitrogens with one attached hydrogen (secondary N) is 1. The first-order valence-electron chi connectivity index (χ1n) is 7.59. The number of aryl methyl sites for hydroxylation is 1. The monoisotopic (exact) mass is 346 g/mol. The average Bonchev–Trinajstić information content (AvgIpc) is 2.59. The van der Waals surface area contributed by atoms with Crippen LogP contribution in [0.4, 0.5) is 0 Å². The van der Waals surface area contributed by atoms with Gasteiger partial charge in [0.05, 0.1) is 23.5 Å². The van der Waals surface area contributed by atoms with E-state index in [0.29, 0.717) is 4.90 Å². The molecule has 0 fully saturated rings. The second-order valence-corrected chi connectivity index (χ2v) is 7.38. The number of rotatable bonds is 6. The Labute approximate surface area is 145 Å². The van der Waals surface area contributed by atoms with Crippen molar-refractivity contribution < 1.29 is 13.7 Å². The Kier molecular flexibility index (Phi) is 5.85. The summed E-state index contributed by atoms with van der Waals surface area (Å²) < 4.78 is 20.7. The summed E-state index contributed by atoms with van der Waals surface area (Å²) in [5, 5.41) is 0. The lowest BCUT2D eigenvalue weighted by molar-refractivity contribution is -0.152. The third kappa shape index (κ3) is 4.07. The molecule has 0 unspecified atom stereocenters. The minimum absolute atomic E-state index is 0.384. The maximum Gasteiger partial charge on any atom is 0.313 e. The minimum atomic E-state index is -1.47. The van der Waals surface area contributed by atoms with Crippen LogP contribution in [0.5, 0.6) is 0 Å². The molecular weight excluding hydrogens is 324 g/mol. The van der Waals surface area contributed by atoms with Crippen molar-refractivity contribution in [2.45, 2.75) is 31.7 Å². The number of ether oxygens (including phenoxy) is 1. The Morgan fingerprint density at radius 1 is 1.25 bits per heavy atom. The highest BCUT2D eigenvalue weighted by Gasteiger charge is 2.40. The summed E-state index contributed by atoms with van der Waals surface area (Å²) in [4.78, 5) is 17.0. The van der Waals surface area contributed by atoms with Crippen LogP contribution >= 0.6 is 0 Å². The van der Waals surface area contributed by atoms with Crippen LogP contribution in [0, 0.1) is 12.3 Å². The number of nitrogens with zero attached hydrogens (tertiary/aromatic N) is 1. The van der Waals surface area contributed by atoms with E-state index in [-0.39, 0.29) is 5.97 Å². The number of methoxy groups -OCH3 is 1. The van der Waals surface area contributed by atoms with Gasteiger partial charge in [-0.3, -0.25) is 9.78 Å². The van der Waals surface area contributed by atoms with E-state index >= 15 is 0 Å². The molecular formula is C18H22N2O3S. The van der Waals surface area contributed by atoms with Gasteiger partial charge in [-0.25, -0.2) is 8.93 Å². The number of carbonyl (C=O) groups is 1. The molecule has 2 aromatic rings. The third-order valence-electron chi connectivity index (χ3n) is 3.91. The SMILES string of the molecule is COC(=O)C(C)(C)[C@@H](N[S@](=O)c1ccc(C)cc1)c1cccnc1. The summed E-state index contributed by atoms with van der Waals surface area (Å²) >= 11 is 0. The zero-order valence-electron chi connectivity index (χ0n) is 14.3. The molecule has 5 nitrogen and oxygen atoms in total. The van der Waals surface area contributed by atoms with Crippen molar-refractivity contribution in [1.82, 2.24) is 9.71 Å². The predicted octanol–water partition coefficient (Wildman–Crippen LogP) is 2.94. The lowest BCUT2D eigenvalue weighted by atomic mass is 9.81. The fraction of sp³-hybridized carbons (Fsp3) is 0.333. The molecule has 6 heteroatoms. The number of pyridine rings is 1. The van der Waals surface area contributed by atoms with E-state index in [2.05, 4.69) is 9.71 Å². The van der Waals surface area contributed by atoms with Gasteiger partial charge >= 0.3 is 5.97 Å². The standard InChI is InChI=1S/C18H22N2O3S/c1-13-7-9-15(10-8-13)24(22)20-16(14-6-5-11-19-12-14)18(2,3)17(21)23-4/h5-12,16,20H,1-4H3/t16-,24+/m0/s1. The molecule has 1 heterocycles. The highest BCUT2D eigenvalue weighted by atomic mass is 32.2. The van der Waals surface area contributed by atoms with Gasteiger partial charge in [0.25, 0.3) is 0 Å². The minimum Gasteiger partial charge on any atom is -0.469 e. The third-order valence-corrected chi connectivity index (χ3v) is 5.06. The number of carbonyl (C=O) groups excluding carboxylic acids is 1. The van der Waals surface area contributed by atoms with E-state index in [9.17, 15) is 9.00 Å². The fourth-order valence-electron chi connectivity index (χ4n) is 2.40. The van der Waals surface area contributed by atoms with Gasteiger partial charge in [0.2, 0.25) is 0 Å². The van der Waals surface area contributed by atoms with Gasteiger partial charge in [-0.05, 0) is 44.5 Å². The average molecular weight is 346 g/mol. The molecule has 0 aliphatic carbocycles. The quantitative estimate of drug-likeness (QED) is 0.817. The van der Waals surface area contributed by atoms with Gasteiger partial charge in [0.15, 0.2) is 0 Å². The van der Waals surface area contributed by atoms with Crippen LogP contribution in [0.25, 0.3) is 0 Å². The first-order chi connectivity index (χ1) is 11.4. The van der Waals surface area contributed by atoms with Crippen LogP contribution < -0.4 is 4.72 Å². The van der Waals surface area contributed by atoms with Gasteiger partial charge in [0.1, 0.15) is 11.0 Å². The van der Waals surface area contributed by atoms with Crippen molar-refractivity contribution in [3.05, 3.63) is 59.9 Å². The normalized spacial score (nSPS) is 14.0. The van der Waals surface area contributed by atoms with Gasteiger partial charge in [-0.1, -0.05) is 23.8 Å². The van der Waals surface area contributed by atoms with Crippen molar-refractivity contribution >= 4 is 17.0 Å². The molecule has 2 atom stereocenters. The van der Waals surface area contributed by atoms with Crippen LogP contribution in [0.2, 0.25) is 0 Å². The number of hydrogen-bond donors (Lipinski definition) is 1. The van der Waals surface area contributed by atoms with Crippen molar-refractivity contribution in [2.24, 2.45) is 5.41 Å². The van der Waals surface area contributed by atoms with Crippen LogP contribution in [0.3, 0.4) is 0 Å². The molecule has 0 saturated heterocycles. The molecule has 0 amide bonds. The van der Waals surface area contributed by atoms with E-state index in [1.807, 2.05) is 37.3 Å². The molecule has 24 heavy (non-hydrogen) atoms. The van der Waals surface area contributed by atoms with Crippen molar-refractivity contribution in [3.8, 4) is 0 Å². The van der Waals surface area contributed by atoms with E-state index in [4.69, 9.17) is 4.74 Å². The Morgan fingerprint density at radius 3 is 2.46 bits per heavy atom. The second-order valence-electron chi connectivity index (χ2n) is 6.13. The smallest absolute Gasteiger partial charge is 0.313 e. The van der Waals surface area contributed by atoms with E-state index in [0.717, 1.165) is 11.1 Å². The van der Waals surface area contributed by atoms with Crippen LogP contribution in [-0.2, 0) is 20.5 Å². The largest absolute Gasteiger partial charge is 0.469 e. The molecule has 1 aromatic heterocycles. The summed E-state index contributed by atoms with van der Waals surface area (Å²) in [6.45, 7) is 5.49. The first kappa shape index (κ1) is 18.3. The van der Waals surface area contributed by atoms with E-state index < -0.39 is 22.4 Å². The molecule has 1 N–H and O–H groups in total. The molecule has 0 radical (unpaired) electrons. The first-order valence-corrected chi connectivity index (χ1v) is 8.74. The van der Waals surface area contributed by atoms with Crippen LogP contribution in [0.1, 0.15) is 31.0 Å². The van der Waals surface area contributed by atoms with Crippen LogP contribution in [-0.4, -0.2) is 22.3 Å². The molecule has 2 rings (SSSR count). The van der Waals surface area contributed by atoms with Gasteiger partial charge in [0, 0.05) is 12.4 Å². The summed E-state index contributed by atoms with van der Waals surface area (Å²) in [6.07, 6.45) is 3.32. The molecule has 128 valence electrons. The van der Waals surface area contributed by atoms with Crippen molar-refractivity contribution in [3.63, 3.8) is 0 Å². The van der Waals surface area contributed by atoms with E-state index in [1.165, 1.54) is 7.11 Å². The molecule has 0 aliphatic rings. The van der Waals surface area contributed by atoms with Crippen molar-refractivity contribution in [1.29, 1.82) is 0 Å². The number of benzene rings is 1. The summed E-state index contributed by atoms with van der Waals surface area (Å²) in [7, 11) is -0.124. The topological polar surface area (TPSA) is 68.3 Å². The zero-order chi connectivity index (χ0) is 17.7. The summed E-state index contributed by atoms with van der Waals surface area (Å²) in [5.74, 6) is -0.384. The molecule has 0 spiro atoms. The molecule has 0 aliphatic heterocycles. The highest BCUT2D eigenvalue weighted by molar-refractivity contribution is 7.83. The van der Waals surface area contributed by atoms with E-state index in [1.54, 1.807) is 32.3 Å². The number of hydrogen-bond acceptors (Lipinski definition) is 4. The van der Waals surface area contributed by atoms with Gasteiger partial charge in [-0.2, -0.15) is 0 Å². The lowest BCUT2D eigenvalue weighted by Gasteiger charge is -2.32. The maximum absolute atomic E-state index is 12.7. The maximum atomic E-state index is 12.7. The fourth-order valence-corrected chi connectivity index (χ4v) is 3.56. The van der Waals surface area contributed by atoms with Gasteiger partial charge in [-0.15, -0.1) is 0 Å². The molecule has 0 saturated carbocycles. The Morgan fingerprint density at radius 2 is 1.92 bits per heavy atom. The second kappa shape index (κ2) is 7.68. The van der Waals surface area contributed by atoms with Crippen molar-refractivity contribution in [2.75, 3.05) is 7.11 Å². The molecule has 1 aromatic carbocycles. The Balaban J connectivity index is 2.34. The lowest BCUT2D eigenvalue weighted by Crippen LogP contribution is -2.41. The summed E-state index contributed by atoms with van der Waals surface area (Å²) in [5.41, 5.74) is 0.945. The Hall–Kier alpha value is -2.05. The highest BCUT2D eigenvalue weighted by Crippen LogP contribution is 2.35. The molecule has 0 bridgehead atoms. The predicted molar refractivity (Wildman–Crippen MR) is 93.5 cm³/mol. The Bertz CT molecular complexity index is 715. The summed E-state index contributed by atoms with van der Waals surface area (Å²) in [6, 6.07) is 10.5.